The van der Waals surface area contributed by atoms with Gasteiger partial charge in [-0.1, -0.05) is 0 Å². The molecule has 6 heteroatoms. The second kappa shape index (κ2) is 4.81. The molecule has 0 aliphatic carbocycles. The fourth-order valence-corrected chi connectivity index (χ4v) is 0.885. The normalized spacial score (nSPS) is 10.6. The number of nitriles is 1. The van der Waals surface area contributed by atoms with E-state index in [9.17, 15) is 4.79 Å². The van der Waals surface area contributed by atoms with Gasteiger partial charge in [-0.25, -0.2) is 4.79 Å². The Morgan fingerprint density at radius 1 is 1.80 bits per heavy atom. The molecule has 0 aliphatic heterocycles. The summed E-state index contributed by atoms with van der Waals surface area (Å²) in [5, 5.41) is 17.9. The number of ether oxygens (including phenoxy) is 1. The standard InChI is InChI=1S/C9H10N4O2/c1-6-3-8(13-12-6)11-5-7(4-10)9(14)15-2/h3,5H,1-2H3,(H2,11,12,13). The molecule has 1 aromatic heterocycles. The summed E-state index contributed by atoms with van der Waals surface area (Å²) in [6, 6.07) is 3.45. The number of carbonyl (C=O) groups excluding carboxylic acids is 1. The van der Waals surface area contributed by atoms with Crippen LogP contribution in [0.15, 0.2) is 17.8 Å². The average molecular weight is 206 g/mol. The lowest BCUT2D eigenvalue weighted by atomic mass is 10.3. The number of aryl methyl sites for hydroxylation is 1. The highest BCUT2D eigenvalue weighted by molar-refractivity contribution is 5.92. The van der Waals surface area contributed by atoms with Gasteiger partial charge in [0.05, 0.1) is 7.11 Å². The number of hydrogen-bond donors (Lipinski definition) is 2. The second-order valence-corrected chi connectivity index (χ2v) is 2.74. The van der Waals surface area contributed by atoms with E-state index < -0.39 is 5.97 Å². The van der Waals surface area contributed by atoms with Crippen molar-refractivity contribution in [2.45, 2.75) is 6.92 Å². The Bertz CT molecular complexity index is 428. The highest BCUT2D eigenvalue weighted by atomic mass is 16.5. The van der Waals surface area contributed by atoms with E-state index in [0.717, 1.165) is 5.69 Å². The Hall–Kier alpha value is -2.29. The summed E-state index contributed by atoms with van der Waals surface area (Å²) in [6.45, 7) is 1.84. The summed E-state index contributed by atoms with van der Waals surface area (Å²) in [5.74, 6) is -0.151. The number of H-pyrrole nitrogens is 1. The van der Waals surface area contributed by atoms with E-state index in [2.05, 4.69) is 20.3 Å². The number of esters is 1. The maximum atomic E-state index is 11.0. The molecule has 78 valence electrons. The van der Waals surface area contributed by atoms with Crippen molar-refractivity contribution in [3.05, 3.63) is 23.5 Å². The molecule has 0 bridgehead atoms. The maximum absolute atomic E-state index is 11.0. The largest absolute Gasteiger partial charge is 0.465 e. The first kappa shape index (κ1) is 10.8. The monoisotopic (exact) mass is 206 g/mol. The Labute approximate surface area is 86.5 Å². The molecule has 0 radical (unpaired) electrons. The lowest BCUT2D eigenvalue weighted by Gasteiger charge is -1.96. The van der Waals surface area contributed by atoms with Gasteiger partial charge < -0.3 is 10.1 Å². The summed E-state index contributed by atoms with van der Waals surface area (Å²) >= 11 is 0. The molecule has 1 heterocycles. The highest BCUT2D eigenvalue weighted by Crippen LogP contribution is 2.05. The first-order valence-electron chi connectivity index (χ1n) is 4.14. The third kappa shape index (κ3) is 2.84. The summed E-state index contributed by atoms with van der Waals surface area (Å²) in [6.07, 6.45) is 1.25. The van der Waals surface area contributed by atoms with E-state index in [-0.39, 0.29) is 5.57 Å². The van der Waals surface area contributed by atoms with Crippen LogP contribution < -0.4 is 5.32 Å². The fourth-order valence-electron chi connectivity index (χ4n) is 0.885. The van der Waals surface area contributed by atoms with Crippen LogP contribution >= 0.6 is 0 Å². The van der Waals surface area contributed by atoms with Gasteiger partial charge in [-0.2, -0.15) is 10.4 Å². The first-order valence-corrected chi connectivity index (χ1v) is 4.14. The lowest BCUT2D eigenvalue weighted by molar-refractivity contribution is -0.135. The molecule has 6 nitrogen and oxygen atoms in total. The van der Waals surface area contributed by atoms with Gasteiger partial charge in [-0.3, -0.25) is 5.10 Å². The van der Waals surface area contributed by atoms with Crippen molar-refractivity contribution in [1.82, 2.24) is 10.2 Å². The van der Waals surface area contributed by atoms with E-state index in [0.29, 0.717) is 5.82 Å². The van der Waals surface area contributed by atoms with Crippen LogP contribution in [0.4, 0.5) is 5.82 Å². The first-order chi connectivity index (χ1) is 7.17. The molecule has 0 fully saturated rings. The second-order valence-electron chi connectivity index (χ2n) is 2.74. The molecule has 1 rings (SSSR count). The third-order valence-corrected chi connectivity index (χ3v) is 1.60. The van der Waals surface area contributed by atoms with Gasteiger partial charge >= 0.3 is 5.97 Å². The summed E-state index contributed by atoms with van der Waals surface area (Å²) in [4.78, 5) is 11.0. The van der Waals surface area contributed by atoms with E-state index in [4.69, 9.17) is 5.26 Å². The molecule has 0 unspecified atom stereocenters. The Kier molecular flexibility index (Phi) is 3.46. The summed E-state index contributed by atoms with van der Waals surface area (Å²) < 4.78 is 4.40. The Morgan fingerprint density at radius 2 is 2.53 bits per heavy atom. The number of anilines is 1. The molecule has 0 atom stereocenters. The molecule has 2 N–H and O–H groups in total. The van der Waals surface area contributed by atoms with Gasteiger partial charge in [0, 0.05) is 18.0 Å². The summed E-state index contributed by atoms with van der Waals surface area (Å²) in [7, 11) is 1.21. The molecular formula is C9H10N4O2. The average Bonchev–Trinajstić information content (AvgIpc) is 2.64. The van der Waals surface area contributed by atoms with Crippen molar-refractivity contribution in [3.63, 3.8) is 0 Å². The van der Waals surface area contributed by atoms with Crippen LogP contribution in [0.3, 0.4) is 0 Å². The van der Waals surface area contributed by atoms with Gasteiger partial charge in [0.15, 0.2) is 11.4 Å². The third-order valence-electron chi connectivity index (χ3n) is 1.60. The molecule has 0 aromatic carbocycles. The minimum absolute atomic E-state index is 0.113. The van der Waals surface area contributed by atoms with Gasteiger partial charge in [-0.15, -0.1) is 0 Å². The molecule has 0 aliphatic rings. The van der Waals surface area contributed by atoms with Crippen molar-refractivity contribution < 1.29 is 9.53 Å². The van der Waals surface area contributed by atoms with Gasteiger partial charge in [0.2, 0.25) is 0 Å². The summed E-state index contributed by atoms with van der Waals surface area (Å²) in [5.41, 5.74) is 0.764. The van der Waals surface area contributed by atoms with E-state index in [1.165, 1.54) is 13.3 Å². The van der Waals surface area contributed by atoms with Crippen molar-refractivity contribution in [1.29, 1.82) is 5.26 Å². The number of carbonyl (C=O) groups is 1. The zero-order valence-electron chi connectivity index (χ0n) is 8.37. The quantitative estimate of drug-likeness (QED) is 0.431. The Balaban J connectivity index is 2.71. The van der Waals surface area contributed by atoms with Crippen LogP contribution in [0.2, 0.25) is 0 Å². The molecule has 0 saturated heterocycles. The van der Waals surface area contributed by atoms with Crippen LogP contribution in [0.1, 0.15) is 5.69 Å². The van der Waals surface area contributed by atoms with E-state index in [1.807, 2.05) is 6.92 Å². The van der Waals surface area contributed by atoms with Gasteiger partial charge in [0.1, 0.15) is 6.07 Å². The van der Waals surface area contributed by atoms with Gasteiger partial charge in [-0.05, 0) is 6.92 Å². The minimum Gasteiger partial charge on any atom is -0.465 e. The number of aromatic amines is 1. The van der Waals surface area contributed by atoms with Crippen molar-refractivity contribution in [3.8, 4) is 6.07 Å². The van der Waals surface area contributed by atoms with Crippen LogP contribution in [0.5, 0.6) is 0 Å². The number of nitrogens with one attached hydrogen (secondary N) is 2. The molecule has 0 spiro atoms. The topological polar surface area (TPSA) is 90.8 Å². The van der Waals surface area contributed by atoms with Crippen molar-refractivity contribution in [2.75, 3.05) is 12.4 Å². The SMILES string of the molecule is COC(=O)C(C#N)=CNc1cc(C)[nH]n1. The Morgan fingerprint density at radius 3 is 3.00 bits per heavy atom. The smallest absolute Gasteiger partial charge is 0.350 e. The molecule has 15 heavy (non-hydrogen) atoms. The van der Waals surface area contributed by atoms with Crippen LogP contribution in [0.25, 0.3) is 0 Å². The van der Waals surface area contributed by atoms with Crippen LogP contribution in [-0.2, 0) is 9.53 Å². The fraction of sp³-hybridized carbons (Fsp3) is 0.222. The number of aromatic nitrogens is 2. The van der Waals surface area contributed by atoms with E-state index in [1.54, 1.807) is 12.1 Å². The zero-order chi connectivity index (χ0) is 11.3. The van der Waals surface area contributed by atoms with E-state index >= 15 is 0 Å². The zero-order valence-corrected chi connectivity index (χ0v) is 8.37. The predicted octanol–water partition coefficient (Wildman–Crippen LogP) is 0.710. The highest BCUT2D eigenvalue weighted by Gasteiger charge is 2.07. The van der Waals surface area contributed by atoms with Crippen molar-refractivity contribution >= 4 is 11.8 Å². The molecule has 0 amide bonds. The van der Waals surface area contributed by atoms with Crippen LogP contribution in [-0.4, -0.2) is 23.3 Å². The minimum atomic E-state index is -0.683. The molecule has 0 saturated carbocycles. The predicted molar refractivity (Wildman–Crippen MR) is 52.7 cm³/mol. The van der Waals surface area contributed by atoms with Crippen molar-refractivity contribution in [2.24, 2.45) is 0 Å². The number of rotatable bonds is 3. The maximum Gasteiger partial charge on any atom is 0.350 e. The molecule has 1 aromatic rings. The number of methoxy groups -OCH3 is 1. The number of nitrogens with zero attached hydrogens (tertiary/aromatic N) is 2. The number of hydrogen-bond acceptors (Lipinski definition) is 5. The van der Waals surface area contributed by atoms with Crippen LogP contribution in [0, 0.1) is 18.3 Å². The lowest BCUT2D eigenvalue weighted by Crippen LogP contribution is -2.05. The molecular weight excluding hydrogens is 196 g/mol. The van der Waals surface area contributed by atoms with Gasteiger partial charge in [0.25, 0.3) is 0 Å².